The summed E-state index contributed by atoms with van der Waals surface area (Å²) in [7, 11) is -0.933. The van der Waals surface area contributed by atoms with E-state index < -0.39 is 15.3 Å². The Labute approximate surface area is 36.2 Å². The van der Waals surface area contributed by atoms with E-state index in [1.165, 1.54) is 0 Å². The molecule has 0 rings (SSSR count). The Hall–Kier alpha value is 0.00688. The SMILES string of the molecule is C[Si]C(F)(F)F. The Morgan fingerprint density at radius 3 is 1.50 bits per heavy atom. The molecule has 36 valence electrons. The fourth-order valence-corrected chi connectivity index (χ4v) is 0. The van der Waals surface area contributed by atoms with Crippen LogP contribution in [0.4, 0.5) is 13.2 Å². The fourth-order valence-electron chi connectivity index (χ4n) is 0. The van der Waals surface area contributed by atoms with Gasteiger partial charge in [-0.05, 0) is 0 Å². The molecule has 0 amide bonds. The Bertz CT molecular complexity index is 38.5. The second kappa shape index (κ2) is 1.64. The van der Waals surface area contributed by atoms with E-state index in [0.717, 1.165) is 6.55 Å². The van der Waals surface area contributed by atoms with Gasteiger partial charge < -0.3 is 0 Å². The van der Waals surface area contributed by atoms with Crippen LogP contribution in [0.5, 0.6) is 0 Å². The number of alkyl halides is 3. The number of hydrogen-bond acceptors (Lipinski definition) is 0. The third-order valence-corrected chi connectivity index (χ3v) is 0.850. The highest BCUT2D eigenvalue weighted by molar-refractivity contribution is 6.36. The molecule has 0 N–H and O–H groups in total. The quantitative estimate of drug-likeness (QED) is 0.414. The van der Waals surface area contributed by atoms with Crippen molar-refractivity contribution >= 4 is 9.52 Å². The standard InChI is InChI=1S/C2H3F3Si/c1-6-2(3,4)5/h1H3. The third-order valence-electron chi connectivity index (χ3n) is 0.283. The van der Waals surface area contributed by atoms with E-state index in [1.807, 2.05) is 0 Å². The molecule has 0 atom stereocenters. The summed E-state index contributed by atoms with van der Waals surface area (Å²) in [5, 5.41) is 0. The molecule has 0 nitrogen and oxygen atoms in total. The van der Waals surface area contributed by atoms with E-state index in [4.69, 9.17) is 0 Å². The van der Waals surface area contributed by atoms with Crippen LogP contribution in [0.15, 0.2) is 0 Å². The smallest absolute Gasteiger partial charge is 0.178 e. The molecular weight excluding hydrogens is 109 g/mol. The summed E-state index contributed by atoms with van der Waals surface area (Å²) in [6.07, 6.45) is 0. The lowest BCUT2D eigenvalue weighted by molar-refractivity contribution is -0.0464. The average Bonchev–Trinajstić information content (AvgIpc) is 1.35. The average molecular weight is 112 g/mol. The summed E-state index contributed by atoms with van der Waals surface area (Å²) in [6.45, 7) is 1.11. The van der Waals surface area contributed by atoms with Gasteiger partial charge in [-0.3, -0.25) is 0 Å². The number of hydrogen-bond donors (Lipinski definition) is 0. The molecule has 0 fully saturated rings. The van der Waals surface area contributed by atoms with Crippen LogP contribution in [-0.2, 0) is 0 Å². The maximum absolute atomic E-state index is 10.8. The van der Waals surface area contributed by atoms with Gasteiger partial charge in [0.25, 0.3) is 0 Å². The Morgan fingerprint density at radius 2 is 1.50 bits per heavy atom. The molecule has 4 heteroatoms. The van der Waals surface area contributed by atoms with Crippen molar-refractivity contribution in [3.8, 4) is 0 Å². The first-order chi connectivity index (χ1) is 2.56. The van der Waals surface area contributed by atoms with Gasteiger partial charge in [-0.15, -0.1) is 0 Å². The van der Waals surface area contributed by atoms with E-state index in [0.29, 0.717) is 0 Å². The van der Waals surface area contributed by atoms with Crippen molar-refractivity contribution in [2.75, 3.05) is 0 Å². The largest absolute Gasteiger partial charge is 0.357 e. The molecule has 0 saturated heterocycles. The predicted octanol–water partition coefficient (Wildman–Crippen LogP) is 1.26. The van der Waals surface area contributed by atoms with Crippen molar-refractivity contribution in [3.63, 3.8) is 0 Å². The third kappa shape index (κ3) is 4.01. The van der Waals surface area contributed by atoms with E-state index in [-0.39, 0.29) is 0 Å². The molecule has 0 aromatic rings. The second-order valence-corrected chi connectivity index (χ2v) is 1.81. The summed E-state index contributed by atoms with van der Waals surface area (Å²) in [6, 6.07) is 0. The minimum Gasteiger partial charge on any atom is -0.178 e. The van der Waals surface area contributed by atoms with Crippen molar-refractivity contribution < 1.29 is 13.2 Å². The summed E-state index contributed by atoms with van der Waals surface area (Å²) >= 11 is 0. The highest BCUT2D eigenvalue weighted by Gasteiger charge is 2.23. The summed E-state index contributed by atoms with van der Waals surface area (Å²) in [4.78, 5) is 0. The first-order valence-corrected chi connectivity index (χ1v) is 2.82. The van der Waals surface area contributed by atoms with E-state index in [2.05, 4.69) is 0 Å². The van der Waals surface area contributed by atoms with Gasteiger partial charge in [0.05, 0.1) is 0 Å². The van der Waals surface area contributed by atoms with Gasteiger partial charge >= 0.3 is 5.80 Å². The van der Waals surface area contributed by atoms with Gasteiger partial charge in [0.2, 0.25) is 0 Å². The molecule has 2 radical (unpaired) electrons. The van der Waals surface area contributed by atoms with Crippen LogP contribution in [0.1, 0.15) is 0 Å². The van der Waals surface area contributed by atoms with Crippen LogP contribution in [0.3, 0.4) is 0 Å². The zero-order valence-electron chi connectivity index (χ0n) is 3.13. The normalized spacial score (nSPS) is 12.0. The van der Waals surface area contributed by atoms with Gasteiger partial charge in [-0.1, -0.05) is 6.55 Å². The van der Waals surface area contributed by atoms with Crippen molar-refractivity contribution in [3.05, 3.63) is 0 Å². The zero-order valence-corrected chi connectivity index (χ0v) is 4.13. The second-order valence-electron chi connectivity index (χ2n) is 0.748. The predicted molar refractivity (Wildman–Crippen MR) is 17.7 cm³/mol. The summed E-state index contributed by atoms with van der Waals surface area (Å²) in [5.41, 5.74) is 0. The minimum absolute atomic E-state index is 0.933. The molecule has 0 heterocycles. The van der Waals surface area contributed by atoms with Crippen molar-refractivity contribution in [1.29, 1.82) is 0 Å². The van der Waals surface area contributed by atoms with Crippen molar-refractivity contribution in [2.24, 2.45) is 0 Å². The van der Waals surface area contributed by atoms with Crippen LogP contribution in [0.2, 0.25) is 6.55 Å². The van der Waals surface area contributed by atoms with E-state index >= 15 is 0 Å². The number of rotatable bonds is 0. The Morgan fingerprint density at radius 1 is 1.33 bits per heavy atom. The Kier molecular flexibility index (Phi) is 1.64. The lowest BCUT2D eigenvalue weighted by Crippen LogP contribution is -2.13. The first-order valence-electron chi connectivity index (χ1n) is 1.32. The maximum Gasteiger partial charge on any atom is 0.357 e. The molecule has 0 aromatic carbocycles. The monoisotopic (exact) mass is 112 g/mol. The molecule has 0 saturated carbocycles. The van der Waals surface area contributed by atoms with Crippen LogP contribution in [0, 0.1) is 0 Å². The lowest BCUT2D eigenvalue weighted by atomic mass is 11.5. The van der Waals surface area contributed by atoms with Crippen LogP contribution in [-0.4, -0.2) is 15.3 Å². The molecule has 0 aliphatic carbocycles. The molecule has 0 aliphatic heterocycles. The highest BCUT2D eigenvalue weighted by atomic mass is 28.2. The zero-order chi connectivity index (χ0) is 5.21. The maximum atomic E-state index is 10.8. The van der Waals surface area contributed by atoms with Gasteiger partial charge in [0.15, 0.2) is 9.52 Å². The lowest BCUT2D eigenvalue weighted by Gasteiger charge is -1.95. The Balaban J connectivity index is 3.17. The molecule has 0 aliphatic rings. The summed E-state index contributed by atoms with van der Waals surface area (Å²) in [5.74, 6) is -3.93. The van der Waals surface area contributed by atoms with Crippen molar-refractivity contribution in [2.45, 2.75) is 12.3 Å². The number of halogens is 3. The molecule has 0 bridgehead atoms. The van der Waals surface area contributed by atoms with Crippen LogP contribution < -0.4 is 0 Å². The first kappa shape index (κ1) is 6.01. The van der Waals surface area contributed by atoms with E-state index in [9.17, 15) is 13.2 Å². The van der Waals surface area contributed by atoms with Crippen LogP contribution >= 0.6 is 0 Å². The van der Waals surface area contributed by atoms with Gasteiger partial charge in [-0.2, -0.15) is 13.2 Å². The van der Waals surface area contributed by atoms with Crippen molar-refractivity contribution in [1.82, 2.24) is 0 Å². The molecule has 0 aromatic heterocycles. The van der Waals surface area contributed by atoms with E-state index in [1.54, 1.807) is 0 Å². The highest BCUT2D eigenvalue weighted by Crippen LogP contribution is 2.10. The molecule has 0 spiro atoms. The molecular formula is C2H3F3Si. The molecule has 6 heavy (non-hydrogen) atoms. The van der Waals surface area contributed by atoms with Gasteiger partial charge in [0, 0.05) is 0 Å². The minimum atomic E-state index is -3.93. The molecule has 0 unspecified atom stereocenters. The van der Waals surface area contributed by atoms with Crippen LogP contribution in [0.25, 0.3) is 0 Å². The summed E-state index contributed by atoms with van der Waals surface area (Å²) < 4.78 is 32.4. The van der Waals surface area contributed by atoms with Gasteiger partial charge in [-0.25, -0.2) is 0 Å². The van der Waals surface area contributed by atoms with Gasteiger partial charge in [0.1, 0.15) is 0 Å². The topological polar surface area (TPSA) is 0 Å². The fraction of sp³-hybridized carbons (Fsp3) is 1.00.